The molecule has 0 heterocycles. The minimum absolute atomic E-state index is 0.0373. The van der Waals surface area contributed by atoms with Crippen molar-refractivity contribution in [1.82, 2.24) is 10.0 Å². The minimum atomic E-state index is -3.47. The first-order valence-corrected chi connectivity index (χ1v) is 9.54. The highest BCUT2D eigenvalue weighted by molar-refractivity contribution is 7.89. The third-order valence-corrected chi connectivity index (χ3v) is 5.47. The molecule has 5 nitrogen and oxygen atoms in total. The van der Waals surface area contributed by atoms with Crippen LogP contribution in [0.3, 0.4) is 0 Å². The van der Waals surface area contributed by atoms with Crippen molar-refractivity contribution in [1.29, 1.82) is 0 Å². The molecular formula is C18H19FN2O3S. The van der Waals surface area contributed by atoms with Crippen LogP contribution in [0.2, 0.25) is 0 Å². The Bertz CT molecular complexity index is 862. The highest BCUT2D eigenvalue weighted by Crippen LogP contribution is 2.22. The van der Waals surface area contributed by atoms with Crippen molar-refractivity contribution in [3.05, 3.63) is 65.5 Å². The van der Waals surface area contributed by atoms with E-state index in [-0.39, 0.29) is 29.8 Å². The van der Waals surface area contributed by atoms with Gasteiger partial charge in [-0.2, -0.15) is 0 Å². The molecule has 132 valence electrons. The molecule has 1 aliphatic carbocycles. The molecule has 1 fully saturated rings. The minimum Gasteiger partial charge on any atom is -0.352 e. The van der Waals surface area contributed by atoms with Gasteiger partial charge in [-0.3, -0.25) is 4.79 Å². The summed E-state index contributed by atoms with van der Waals surface area (Å²) in [4.78, 5) is 12.1. The standard InChI is InChI=1S/C18H19FN2O3S/c19-17-4-2-1-3-14(17)11-18(22)20-12-13-5-9-16(10-6-13)25(23,24)21-15-7-8-15/h1-6,9-10,15,21H,7-8,11-12H2,(H,20,22). The average molecular weight is 362 g/mol. The lowest BCUT2D eigenvalue weighted by Gasteiger charge is -2.08. The number of halogens is 1. The molecule has 1 aliphatic rings. The second kappa shape index (κ2) is 7.33. The fourth-order valence-electron chi connectivity index (χ4n) is 2.35. The van der Waals surface area contributed by atoms with Crippen LogP contribution >= 0.6 is 0 Å². The van der Waals surface area contributed by atoms with Crippen LogP contribution in [0.1, 0.15) is 24.0 Å². The first-order valence-electron chi connectivity index (χ1n) is 8.05. The van der Waals surface area contributed by atoms with Crippen LogP contribution in [0, 0.1) is 5.82 Å². The molecule has 2 aromatic rings. The molecule has 2 aromatic carbocycles. The Morgan fingerprint density at radius 3 is 2.40 bits per heavy atom. The molecule has 25 heavy (non-hydrogen) atoms. The number of sulfonamides is 1. The topological polar surface area (TPSA) is 75.3 Å². The van der Waals surface area contributed by atoms with E-state index in [1.54, 1.807) is 30.3 Å². The monoisotopic (exact) mass is 362 g/mol. The number of carbonyl (C=O) groups excluding carboxylic acids is 1. The number of hydrogen-bond acceptors (Lipinski definition) is 3. The van der Waals surface area contributed by atoms with Crippen molar-refractivity contribution in [2.45, 2.75) is 36.7 Å². The van der Waals surface area contributed by atoms with E-state index < -0.39 is 15.8 Å². The van der Waals surface area contributed by atoms with E-state index in [1.165, 1.54) is 18.2 Å². The number of rotatable bonds is 7. The van der Waals surface area contributed by atoms with Gasteiger partial charge in [0.1, 0.15) is 5.82 Å². The maximum Gasteiger partial charge on any atom is 0.240 e. The van der Waals surface area contributed by atoms with Gasteiger partial charge in [0, 0.05) is 12.6 Å². The van der Waals surface area contributed by atoms with Crippen LogP contribution in [-0.2, 0) is 27.8 Å². The fraction of sp³-hybridized carbons (Fsp3) is 0.278. The van der Waals surface area contributed by atoms with Crippen LogP contribution in [0.25, 0.3) is 0 Å². The summed E-state index contributed by atoms with van der Waals surface area (Å²) in [6.07, 6.45) is 1.72. The molecule has 0 unspecified atom stereocenters. The lowest BCUT2D eigenvalue weighted by Crippen LogP contribution is -2.26. The molecule has 0 atom stereocenters. The smallest absolute Gasteiger partial charge is 0.240 e. The first kappa shape index (κ1) is 17.6. The number of amides is 1. The number of benzene rings is 2. The van der Waals surface area contributed by atoms with Crippen LogP contribution < -0.4 is 10.0 Å². The van der Waals surface area contributed by atoms with Crippen molar-refractivity contribution < 1.29 is 17.6 Å². The third kappa shape index (κ3) is 4.87. The van der Waals surface area contributed by atoms with Crippen molar-refractivity contribution in [2.75, 3.05) is 0 Å². The van der Waals surface area contributed by atoms with Crippen LogP contribution in [0.5, 0.6) is 0 Å². The second-order valence-corrected chi connectivity index (χ2v) is 7.80. The number of nitrogens with one attached hydrogen (secondary N) is 2. The van der Waals surface area contributed by atoms with E-state index in [2.05, 4.69) is 10.0 Å². The largest absolute Gasteiger partial charge is 0.352 e. The number of carbonyl (C=O) groups is 1. The predicted molar refractivity (Wildman–Crippen MR) is 91.7 cm³/mol. The van der Waals surface area contributed by atoms with Gasteiger partial charge in [0.05, 0.1) is 11.3 Å². The summed E-state index contributed by atoms with van der Waals surface area (Å²) in [5, 5.41) is 2.70. The fourth-order valence-corrected chi connectivity index (χ4v) is 3.66. The summed E-state index contributed by atoms with van der Waals surface area (Å²) in [6, 6.07) is 12.5. The Balaban J connectivity index is 1.55. The summed E-state index contributed by atoms with van der Waals surface area (Å²) in [7, 11) is -3.47. The second-order valence-electron chi connectivity index (χ2n) is 6.08. The van der Waals surface area contributed by atoms with Gasteiger partial charge >= 0.3 is 0 Å². The van der Waals surface area contributed by atoms with Gasteiger partial charge in [-0.1, -0.05) is 30.3 Å². The quantitative estimate of drug-likeness (QED) is 0.792. The molecule has 0 saturated heterocycles. The van der Waals surface area contributed by atoms with Gasteiger partial charge in [-0.25, -0.2) is 17.5 Å². The van der Waals surface area contributed by atoms with Gasteiger partial charge in [0.25, 0.3) is 0 Å². The summed E-state index contributed by atoms with van der Waals surface area (Å²) in [6.45, 7) is 0.254. The SMILES string of the molecule is O=C(Cc1ccccc1F)NCc1ccc(S(=O)(=O)NC2CC2)cc1. The van der Waals surface area contributed by atoms with E-state index in [9.17, 15) is 17.6 Å². The van der Waals surface area contributed by atoms with E-state index in [4.69, 9.17) is 0 Å². The molecule has 1 saturated carbocycles. The average Bonchev–Trinajstić information content (AvgIpc) is 3.39. The van der Waals surface area contributed by atoms with Crippen molar-refractivity contribution in [3.8, 4) is 0 Å². The molecule has 0 aliphatic heterocycles. The van der Waals surface area contributed by atoms with Gasteiger partial charge in [0.2, 0.25) is 15.9 Å². The van der Waals surface area contributed by atoms with Gasteiger partial charge in [0.15, 0.2) is 0 Å². The maximum atomic E-state index is 13.5. The van der Waals surface area contributed by atoms with E-state index in [0.717, 1.165) is 18.4 Å². The highest BCUT2D eigenvalue weighted by atomic mass is 32.2. The van der Waals surface area contributed by atoms with E-state index in [1.807, 2.05) is 0 Å². The zero-order chi connectivity index (χ0) is 17.9. The first-order chi connectivity index (χ1) is 11.9. The molecule has 0 aromatic heterocycles. The van der Waals surface area contributed by atoms with Gasteiger partial charge in [-0.15, -0.1) is 0 Å². The molecule has 3 rings (SSSR count). The summed E-state index contributed by atoms with van der Waals surface area (Å²) < 4.78 is 40.3. The molecular weight excluding hydrogens is 343 g/mol. The van der Waals surface area contributed by atoms with Crippen molar-refractivity contribution >= 4 is 15.9 Å². The molecule has 2 N–H and O–H groups in total. The van der Waals surface area contributed by atoms with E-state index >= 15 is 0 Å². The summed E-state index contributed by atoms with van der Waals surface area (Å²) in [5.74, 6) is -0.701. The zero-order valence-electron chi connectivity index (χ0n) is 13.5. The summed E-state index contributed by atoms with van der Waals surface area (Å²) >= 11 is 0. The van der Waals surface area contributed by atoms with Crippen molar-refractivity contribution in [3.63, 3.8) is 0 Å². The van der Waals surface area contributed by atoms with E-state index in [0.29, 0.717) is 5.56 Å². The molecule has 0 spiro atoms. The highest BCUT2D eigenvalue weighted by Gasteiger charge is 2.27. The molecule has 1 amide bonds. The zero-order valence-corrected chi connectivity index (χ0v) is 14.4. The lowest BCUT2D eigenvalue weighted by atomic mass is 10.1. The Hall–Kier alpha value is -2.25. The lowest BCUT2D eigenvalue weighted by molar-refractivity contribution is -0.120. The van der Waals surface area contributed by atoms with Crippen LogP contribution in [-0.4, -0.2) is 20.4 Å². The molecule has 0 bridgehead atoms. The van der Waals surface area contributed by atoms with Crippen molar-refractivity contribution in [2.24, 2.45) is 0 Å². The predicted octanol–water partition coefficient (Wildman–Crippen LogP) is 2.13. The number of hydrogen-bond donors (Lipinski definition) is 2. The van der Waals surface area contributed by atoms with Gasteiger partial charge < -0.3 is 5.32 Å². The van der Waals surface area contributed by atoms with Gasteiger partial charge in [-0.05, 0) is 42.2 Å². The Labute approximate surface area is 146 Å². The normalized spacial score (nSPS) is 14.3. The Kier molecular flexibility index (Phi) is 5.15. The molecule has 0 radical (unpaired) electrons. The summed E-state index contributed by atoms with van der Waals surface area (Å²) in [5.41, 5.74) is 1.11. The maximum absolute atomic E-state index is 13.5. The van der Waals surface area contributed by atoms with Crippen LogP contribution in [0.4, 0.5) is 4.39 Å². The Morgan fingerprint density at radius 2 is 1.76 bits per heavy atom. The van der Waals surface area contributed by atoms with Crippen LogP contribution in [0.15, 0.2) is 53.4 Å². The molecule has 7 heteroatoms. The Morgan fingerprint density at radius 1 is 1.08 bits per heavy atom. The third-order valence-electron chi connectivity index (χ3n) is 3.93.